The van der Waals surface area contributed by atoms with Crippen LogP contribution in [-0.2, 0) is 4.74 Å². The first kappa shape index (κ1) is 9.86. The quantitative estimate of drug-likeness (QED) is 0.405. The van der Waals surface area contributed by atoms with E-state index < -0.39 is 0 Å². The molecule has 1 atom stereocenters. The van der Waals surface area contributed by atoms with Crippen molar-refractivity contribution in [3.63, 3.8) is 0 Å². The lowest BCUT2D eigenvalue weighted by Crippen LogP contribution is -2.24. The predicted molar refractivity (Wildman–Crippen MR) is 53.8 cm³/mol. The van der Waals surface area contributed by atoms with Gasteiger partial charge in [0.15, 0.2) is 0 Å². The van der Waals surface area contributed by atoms with E-state index in [0.29, 0.717) is 18.4 Å². The lowest BCUT2D eigenvalue weighted by atomic mass is 10.2. The zero-order valence-electron chi connectivity index (χ0n) is 7.45. The summed E-state index contributed by atoms with van der Waals surface area (Å²) >= 11 is 1.91. The molecule has 1 unspecified atom stereocenters. The lowest BCUT2D eigenvalue weighted by molar-refractivity contribution is 0.208. The van der Waals surface area contributed by atoms with Crippen LogP contribution in [0.1, 0.15) is 12.8 Å². The molecule has 0 spiro atoms. The molecule has 0 aromatic heterocycles. The van der Waals surface area contributed by atoms with E-state index in [4.69, 9.17) is 10.5 Å². The molecule has 0 aromatic rings. The first-order valence-corrected chi connectivity index (χ1v) is 5.30. The summed E-state index contributed by atoms with van der Waals surface area (Å²) in [5, 5.41) is 0.474. The van der Waals surface area contributed by atoms with Gasteiger partial charge >= 0.3 is 0 Å². The van der Waals surface area contributed by atoms with Crippen LogP contribution in [0.2, 0.25) is 0 Å². The fraction of sp³-hybridized carbons (Fsp3) is 0.875. The third-order valence-corrected chi connectivity index (χ3v) is 3.25. The van der Waals surface area contributed by atoms with Crippen LogP contribution >= 0.6 is 11.8 Å². The fourth-order valence-electron chi connectivity index (χ4n) is 1.18. The minimum atomic E-state index is 0.474. The topological polar surface area (TPSA) is 47.6 Å². The lowest BCUT2D eigenvalue weighted by Gasteiger charge is -2.06. The second-order valence-corrected chi connectivity index (χ2v) is 4.11. The van der Waals surface area contributed by atoms with E-state index in [2.05, 4.69) is 4.99 Å². The van der Waals surface area contributed by atoms with Crippen molar-refractivity contribution in [2.75, 3.05) is 26.0 Å². The number of aliphatic imine (C=N–C) groups is 1. The molecule has 0 bridgehead atoms. The van der Waals surface area contributed by atoms with Crippen LogP contribution in [0.25, 0.3) is 0 Å². The maximum atomic E-state index is 5.79. The van der Waals surface area contributed by atoms with E-state index in [9.17, 15) is 0 Å². The summed E-state index contributed by atoms with van der Waals surface area (Å²) in [6.45, 7) is 1.36. The van der Waals surface area contributed by atoms with Gasteiger partial charge in [-0.25, -0.2) is 0 Å². The van der Waals surface area contributed by atoms with E-state index in [-0.39, 0.29) is 0 Å². The van der Waals surface area contributed by atoms with Gasteiger partial charge in [0.2, 0.25) is 0 Å². The third kappa shape index (κ3) is 3.03. The summed E-state index contributed by atoms with van der Waals surface area (Å²) in [5.41, 5.74) is 5.79. The molecule has 0 radical (unpaired) electrons. The van der Waals surface area contributed by atoms with Crippen molar-refractivity contribution in [3.8, 4) is 0 Å². The normalized spacial score (nSPS) is 24.8. The zero-order chi connectivity index (χ0) is 8.81. The Morgan fingerprint density at radius 3 is 3.17 bits per heavy atom. The van der Waals surface area contributed by atoms with Gasteiger partial charge in [0.05, 0.1) is 18.4 Å². The fourth-order valence-corrected chi connectivity index (χ4v) is 2.38. The highest BCUT2D eigenvalue weighted by atomic mass is 32.2. The Morgan fingerprint density at radius 1 is 1.75 bits per heavy atom. The Balaban J connectivity index is 2.24. The number of rotatable bonds is 4. The number of amidine groups is 1. The third-order valence-electron chi connectivity index (χ3n) is 1.85. The van der Waals surface area contributed by atoms with Crippen molar-refractivity contribution >= 4 is 17.6 Å². The minimum Gasteiger partial charge on any atom is -0.387 e. The van der Waals surface area contributed by atoms with Gasteiger partial charge in [-0.3, -0.25) is 4.99 Å². The van der Waals surface area contributed by atoms with E-state index in [1.165, 1.54) is 18.6 Å². The SMILES string of the molecule is COCCN=C(N)C1CCCS1. The molecule has 0 aliphatic carbocycles. The number of nitrogens with zero attached hydrogens (tertiary/aromatic N) is 1. The molecule has 0 aromatic carbocycles. The number of hydrogen-bond donors (Lipinski definition) is 1. The summed E-state index contributed by atoms with van der Waals surface area (Å²) in [5.74, 6) is 2.03. The molecule has 1 fully saturated rings. The van der Waals surface area contributed by atoms with E-state index >= 15 is 0 Å². The molecule has 4 heteroatoms. The van der Waals surface area contributed by atoms with Gasteiger partial charge in [-0.05, 0) is 18.6 Å². The molecule has 1 rings (SSSR count). The molecule has 2 N–H and O–H groups in total. The first-order chi connectivity index (χ1) is 5.84. The van der Waals surface area contributed by atoms with Gasteiger partial charge < -0.3 is 10.5 Å². The average Bonchev–Trinajstić information content (AvgIpc) is 2.56. The molecule has 1 aliphatic rings. The highest BCUT2D eigenvalue weighted by Crippen LogP contribution is 2.25. The van der Waals surface area contributed by atoms with Crippen LogP contribution in [0, 0.1) is 0 Å². The Morgan fingerprint density at radius 2 is 2.58 bits per heavy atom. The van der Waals surface area contributed by atoms with Crippen LogP contribution in [-0.4, -0.2) is 37.1 Å². The van der Waals surface area contributed by atoms with E-state index in [1.807, 2.05) is 11.8 Å². The Kier molecular flexibility index (Phi) is 4.46. The number of thioether (sulfide) groups is 1. The Hall–Kier alpha value is -0.220. The van der Waals surface area contributed by atoms with Gasteiger partial charge in [-0.1, -0.05) is 0 Å². The summed E-state index contributed by atoms with van der Waals surface area (Å²) < 4.78 is 4.89. The molecular weight excluding hydrogens is 172 g/mol. The van der Waals surface area contributed by atoms with E-state index in [1.54, 1.807) is 7.11 Å². The number of ether oxygens (including phenoxy) is 1. The monoisotopic (exact) mass is 188 g/mol. The van der Waals surface area contributed by atoms with Crippen molar-refractivity contribution in [1.29, 1.82) is 0 Å². The molecule has 12 heavy (non-hydrogen) atoms. The summed E-state index contributed by atoms with van der Waals surface area (Å²) in [6, 6.07) is 0. The number of hydrogen-bond acceptors (Lipinski definition) is 3. The van der Waals surface area contributed by atoms with Gasteiger partial charge in [0, 0.05) is 7.11 Å². The maximum absolute atomic E-state index is 5.79. The first-order valence-electron chi connectivity index (χ1n) is 4.25. The summed E-state index contributed by atoms with van der Waals surface area (Å²) in [7, 11) is 1.68. The Bertz CT molecular complexity index is 155. The van der Waals surface area contributed by atoms with Gasteiger partial charge in [0.25, 0.3) is 0 Å². The van der Waals surface area contributed by atoms with Gasteiger partial charge in [-0.2, -0.15) is 11.8 Å². The van der Waals surface area contributed by atoms with Crippen molar-refractivity contribution in [2.45, 2.75) is 18.1 Å². The number of methoxy groups -OCH3 is 1. The molecule has 3 nitrogen and oxygen atoms in total. The van der Waals surface area contributed by atoms with Crippen LogP contribution < -0.4 is 5.73 Å². The number of nitrogens with two attached hydrogens (primary N) is 1. The molecule has 70 valence electrons. The predicted octanol–water partition coefficient (Wildman–Crippen LogP) is 0.886. The van der Waals surface area contributed by atoms with Crippen LogP contribution in [0.5, 0.6) is 0 Å². The summed E-state index contributed by atoms with van der Waals surface area (Å²) in [6.07, 6.45) is 2.46. The average molecular weight is 188 g/mol. The summed E-state index contributed by atoms with van der Waals surface area (Å²) in [4.78, 5) is 4.24. The largest absolute Gasteiger partial charge is 0.387 e. The molecular formula is C8H16N2OS. The standard InChI is InChI=1S/C8H16N2OS/c1-11-5-4-10-8(9)7-3-2-6-12-7/h7H,2-6H2,1H3,(H2,9,10). The van der Waals surface area contributed by atoms with E-state index in [0.717, 1.165) is 5.84 Å². The van der Waals surface area contributed by atoms with Crippen molar-refractivity contribution < 1.29 is 4.74 Å². The second-order valence-electron chi connectivity index (χ2n) is 2.80. The zero-order valence-corrected chi connectivity index (χ0v) is 8.27. The minimum absolute atomic E-state index is 0.474. The highest BCUT2D eigenvalue weighted by molar-refractivity contribution is 8.00. The van der Waals surface area contributed by atoms with Crippen LogP contribution in [0.4, 0.5) is 0 Å². The van der Waals surface area contributed by atoms with Crippen LogP contribution in [0.15, 0.2) is 4.99 Å². The van der Waals surface area contributed by atoms with Gasteiger partial charge in [0.1, 0.15) is 5.84 Å². The van der Waals surface area contributed by atoms with Crippen molar-refractivity contribution in [2.24, 2.45) is 10.7 Å². The van der Waals surface area contributed by atoms with Crippen molar-refractivity contribution in [3.05, 3.63) is 0 Å². The Labute approximate surface area is 77.8 Å². The van der Waals surface area contributed by atoms with Crippen LogP contribution in [0.3, 0.4) is 0 Å². The highest BCUT2D eigenvalue weighted by Gasteiger charge is 2.18. The molecule has 1 aliphatic heterocycles. The molecule has 0 saturated carbocycles. The van der Waals surface area contributed by atoms with Gasteiger partial charge in [-0.15, -0.1) is 0 Å². The maximum Gasteiger partial charge on any atom is 0.107 e. The molecule has 1 saturated heterocycles. The smallest absolute Gasteiger partial charge is 0.107 e. The molecule has 1 heterocycles. The second kappa shape index (κ2) is 5.43. The molecule has 0 amide bonds. The van der Waals surface area contributed by atoms with Crippen molar-refractivity contribution in [1.82, 2.24) is 0 Å².